The maximum atomic E-state index is 12.4. The summed E-state index contributed by atoms with van der Waals surface area (Å²) >= 11 is 0. The van der Waals surface area contributed by atoms with Crippen molar-refractivity contribution in [3.05, 3.63) is 84.2 Å². The molecule has 1 aliphatic heterocycles. The maximum Gasteiger partial charge on any atom is 0.323 e. The van der Waals surface area contributed by atoms with Gasteiger partial charge >= 0.3 is 6.03 Å². The normalized spacial score (nSPS) is 13.6. The Morgan fingerprint density at radius 1 is 1.00 bits per heavy atom. The molecule has 1 fully saturated rings. The van der Waals surface area contributed by atoms with Crippen molar-refractivity contribution in [2.24, 2.45) is 0 Å². The van der Waals surface area contributed by atoms with E-state index in [0.29, 0.717) is 30.5 Å². The van der Waals surface area contributed by atoms with Crippen LogP contribution in [0.15, 0.2) is 78.6 Å². The molecule has 0 atom stereocenters. The number of para-hydroxylation sites is 2. The lowest BCUT2D eigenvalue weighted by Gasteiger charge is -2.28. The van der Waals surface area contributed by atoms with Gasteiger partial charge in [-0.2, -0.15) is 5.10 Å². The highest BCUT2D eigenvalue weighted by atomic mass is 16.5. The number of carbonyl (C=O) groups excluding carboxylic acids is 1. The minimum atomic E-state index is -0.151. The molecule has 0 aliphatic carbocycles. The van der Waals surface area contributed by atoms with Gasteiger partial charge in [0.05, 0.1) is 17.2 Å². The molecule has 0 radical (unpaired) electrons. The second-order valence-corrected chi connectivity index (χ2v) is 7.70. The molecule has 0 spiro atoms. The smallest absolute Gasteiger partial charge is 0.323 e. The predicted molar refractivity (Wildman–Crippen MR) is 126 cm³/mol. The Bertz CT molecular complexity index is 1300. The van der Waals surface area contributed by atoms with Crippen LogP contribution in [0.2, 0.25) is 0 Å². The Balaban J connectivity index is 1.21. The van der Waals surface area contributed by atoms with Crippen molar-refractivity contribution in [1.82, 2.24) is 25.1 Å². The number of piperidine rings is 1. The fourth-order valence-corrected chi connectivity index (χ4v) is 3.71. The standard InChI is InChI=1S/C25H22N6O2/c32-25(29-23-9-4-12-27-30-23)31-13-10-18(11-14-31)15-19-5-3-6-20(16-19)33-24-17-26-21-7-1-2-8-22(21)28-24/h1-9,12,15-17H,10-11,13-14H2,(H,29,30,32). The highest BCUT2D eigenvalue weighted by Crippen LogP contribution is 2.25. The summed E-state index contributed by atoms with van der Waals surface area (Å²) in [4.78, 5) is 23.1. The number of anilines is 1. The molecule has 4 aromatic rings. The molecule has 8 nitrogen and oxygen atoms in total. The van der Waals surface area contributed by atoms with E-state index in [1.165, 1.54) is 5.57 Å². The molecule has 0 saturated carbocycles. The Labute approximate surface area is 191 Å². The fraction of sp³-hybridized carbons (Fsp3) is 0.160. The fourth-order valence-electron chi connectivity index (χ4n) is 3.71. The lowest BCUT2D eigenvalue weighted by molar-refractivity contribution is 0.207. The van der Waals surface area contributed by atoms with E-state index in [0.717, 1.165) is 29.4 Å². The first-order valence-electron chi connectivity index (χ1n) is 10.8. The molecule has 8 heteroatoms. The molecule has 164 valence electrons. The number of fused-ring (bicyclic) bond motifs is 1. The molecule has 0 unspecified atom stereocenters. The van der Waals surface area contributed by atoms with Crippen molar-refractivity contribution in [2.75, 3.05) is 18.4 Å². The number of nitrogens with zero attached hydrogens (tertiary/aromatic N) is 5. The summed E-state index contributed by atoms with van der Waals surface area (Å²) in [6.07, 6.45) is 7.00. The molecule has 2 amide bonds. The third kappa shape index (κ3) is 5.12. The third-order valence-electron chi connectivity index (χ3n) is 5.38. The van der Waals surface area contributed by atoms with Gasteiger partial charge < -0.3 is 9.64 Å². The molecule has 1 saturated heterocycles. The van der Waals surface area contributed by atoms with Crippen LogP contribution in [0.1, 0.15) is 18.4 Å². The maximum absolute atomic E-state index is 12.4. The quantitative estimate of drug-likeness (QED) is 0.486. The Kier molecular flexibility index (Phi) is 5.88. The molecule has 5 rings (SSSR count). The van der Waals surface area contributed by atoms with Crippen LogP contribution in [-0.2, 0) is 0 Å². The van der Waals surface area contributed by atoms with Crippen molar-refractivity contribution < 1.29 is 9.53 Å². The van der Waals surface area contributed by atoms with Crippen LogP contribution in [-0.4, -0.2) is 44.2 Å². The third-order valence-corrected chi connectivity index (χ3v) is 5.38. The van der Waals surface area contributed by atoms with E-state index in [1.54, 1.807) is 29.4 Å². The molecule has 1 aliphatic rings. The van der Waals surface area contributed by atoms with Crippen molar-refractivity contribution in [3.63, 3.8) is 0 Å². The number of rotatable bonds is 4. The molecule has 33 heavy (non-hydrogen) atoms. The van der Waals surface area contributed by atoms with Gasteiger partial charge in [-0.3, -0.25) is 5.32 Å². The van der Waals surface area contributed by atoms with Gasteiger partial charge in [-0.25, -0.2) is 14.8 Å². The molecule has 1 N–H and O–H groups in total. The first-order valence-corrected chi connectivity index (χ1v) is 10.8. The van der Waals surface area contributed by atoms with Crippen molar-refractivity contribution in [2.45, 2.75) is 12.8 Å². The van der Waals surface area contributed by atoms with E-state index < -0.39 is 0 Å². The van der Waals surface area contributed by atoms with E-state index in [1.807, 2.05) is 48.5 Å². The molecule has 0 bridgehead atoms. The number of ether oxygens (including phenoxy) is 1. The summed E-state index contributed by atoms with van der Waals surface area (Å²) in [6, 6.07) is 18.9. The van der Waals surface area contributed by atoms with E-state index in [2.05, 4.69) is 31.6 Å². The number of carbonyl (C=O) groups is 1. The number of nitrogens with one attached hydrogen (secondary N) is 1. The molecular formula is C25H22N6O2. The number of amides is 2. The number of urea groups is 1. The number of hydrogen-bond donors (Lipinski definition) is 1. The number of benzene rings is 2. The minimum absolute atomic E-state index is 0.151. The van der Waals surface area contributed by atoms with Gasteiger partial charge in [-0.15, -0.1) is 5.10 Å². The second kappa shape index (κ2) is 9.44. The highest BCUT2D eigenvalue weighted by Gasteiger charge is 2.19. The summed E-state index contributed by atoms with van der Waals surface area (Å²) in [6.45, 7) is 1.31. The molecular weight excluding hydrogens is 416 g/mol. The van der Waals surface area contributed by atoms with Gasteiger partial charge in [0.2, 0.25) is 5.88 Å². The zero-order valence-corrected chi connectivity index (χ0v) is 17.9. The van der Waals surface area contributed by atoms with Crippen LogP contribution in [0.4, 0.5) is 10.6 Å². The SMILES string of the molecule is O=C(Nc1cccnn1)N1CCC(=Cc2cccc(Oc3cnc4ccccc4n3)c2)CC1. The lowest BCUT2D eigenvalue weighted by Crippen LogP contribution is -2.39. The molecule has 2 aromatic heterocycles. The van der Waals surface area contributed by atoms with Crippen LogP contribution in [0.5, 0.6) is 11.6 Å². The highest BCUT2D eigenvalue weighted by molar-refractivity contribution is 5.88. The van der Waals surface area contributed by atoms with Gasteiger partial charge in [-0.05, 0) is 54.8 Å². The van der Waals surface area contributed by atoms with Gasteiger partial charge in [0.15, 0.2) is 5.82 Å². The van der Waals surface area contributed by atoms with Gasteiger partial charge in [0.25, 0.3) is 0 Å². The van der Waals surface area contributed by atoms with Gasteiger partial charge in [0, 0.05) is 19.3 Å². The first kappa shape index (κ1) is 20.6. The number of likely N-dealkylation sites (tertiary alicyclic amines) is 1. The van der Waals surface area contributed by atoms with E-state index in [-0.39, 0.29) is 6.03 Å². The largest absolute Gasteiger partial charge is 0.437 e. The number of aromatic nitrogens is 4. The van der Waals surface area contributed by atoms with Gasteiger partial charge in [-0.1, -0.05) is 35.9 Å². The molecule has 2 aromatic carbocycles. The van der Waals surface area contributed by atoms with E-state index >= 15 is 0 Å². The van der Waals surface area contributed by atoms with E-state index in [9.17, 15) is 4.79 Å². The van der Waals surface area contributed by atoms with Crippen molar-refractivity contribution in [3.8, 4) is 11.6 Å². The van der Waals surface area contributed by atoms with Crippen molar-refractivity contribution in [1.29, 1.82) is 0 Å². The summed E-state index contributed by atoms with van der Waals surface area (Å²) in [5.41, 5.74) is 3.97. The topological polar surface area (TPSA) is 93.1 Å². The first-order chi connectivity index (χ1) is 16.2. The van der Waals surface area contributed by atoms with Crippen LogP contribution in [0, 0.1) is 0 Å². The predicted octanol–water partition coefficient (Wildman–Crippen LogP) is 4.92. The van der Waals surface area contributed by atoms with Crippen LogP contribution >= 0.6 is 0 Å². The monoisotopic (exact) mass is 438 g/mol. The van der Waals surface area contributed by atoms with Crippen LogP contribution in [0.3, 0.4) is 0 Å². The Morgan fingerprint density at radius 2 is 1.85 bits per heavy atom. The minimum Gasteiger partial charge on any atom is -0.437 e. The average Bonchev–Trinajstić information content (AvgIpc) is 2.85. The Morgan fingerprint density at radius 3 is 2.67 bits per heavy atom. The van der Waals surface area contributed by atoms with E-state index in [4.69, 9.17) is 4.74 Å². The summed E-state index contributed by atoms with van der Waals surface area (Å²) in [5.74, 6) is 1.62. The zero-order valence-electron chi connectivity index (χ0n) is 17.9. The number of hydrogen-bond acceptors (Lipinski definition) is 6. The summed E-state index contributed by atoms with van der Waals surface area (Å²) in [5, 5.41) is 10.5. The van der Waals surface area contributed by atoms with Crippen molar-refractivity contribution >= 4 is 29.0 Å². The summed E-state index contributed by atoms with van der Waals surface area (Å²) < 4.78 is 5.95. The Hall–Kier alpha value is -4.33. The lowest BCUT2D eigenvalue weighted by atomic mass is 10.0. The average molecular weight is 438 g/mol. The molecule has 3 heterocycles. The van der Waals surface area contributed by atoms with Gasteiger partial charge in [0.1, 0.15) is 5.75 Å². The van der Waals surface area contributed by atoms with Crippen LogP contribution in [0.25, 0.3) is 17.1 Å². The summed E-state index contributed by atoms with van der Waals surface area (Å²) in [7, 11) is 0. The zero-order chi connectivity index (χ0) is 22.5. The van der Waals surface area contributed by atoms with Crippen LogP contribution < -0.4 is 10.1 Å². The second-order valence-electron chi connectivity index (χ2n) is 7.70.